The Balaban J connectivity index is 1.15. The summed E-state index contributed by atoms with van der Waals surface area (Å²) in [6.07, 6.45) is 0.421. The van der Waals surface area contributed by atoms with Crippen molar-refractivity contribution in [1.82, 2.24) is 0 Å². The van der Waals surface area contributed by atoms with E-state index in [1.165, 1.54) is 32.7 Å². The van der Waals surface area contributed by atoms with Gasteiger partial charge in [-0.05, 0) is 99.8 Å². The van der Waals surface area contributed by atoms with E-state index in [2.05, 4.69) is 105 Å². The highest BCUT2D eigenvalue weighted by Gasteiger charge is 2.47. The van der Waals surface area contributed by atoms with E-state index in [1.807, 2.05) is 13.0 Å². The van der Waals surface area contributed by atoms with Gasteiger partial charge in [-0.15, -0.1) is 0 Å². The van der Waals surface area contributed by atoms with E-state index in [9.17, 15) is 19.2 Å². The largest absolute Gasteiger partial charge is 0.377 e. The van der Waals surface area contributed by atoms with Crippen molar-refractivity contribution in [3.63, 3.8) is 0 Å². The number of carbonyl (C=O) groups is 4. The monoisotopic (exact) mass is 692 g/mol. The molecule has 0 aromatic heterocycles. The first kappa shape index (κ1) is 32.5. The molecular formula is C47H36N2O4. The van der Waals surface area contributed by atoms with Gasteiger partial charge in [0.2, 0.25) is 0 Å². The SMILES string of the molecule is Cc1cc(C2(c3ccc(N4C(=O)c5ccc(-c6ccc7c(c6)C(=O)CCC7=O)cc5C4=O)c(C)c3)c3ccccc3-c3ccccc32)ccc1N(C)C. The molecule has 6 heteroatoms. The molecule has 0 saturated carbocycles. The number of nitrogens with zero attached hydrogens (tertiary/aromatic N) is 2. The van der Waals surface area contributed by atoms with Gasteiger partial charge in [0.15, 0.2) is 11.6 Å². The maximum absolute atomic E-state index is 14.2. The van der Waals surface area contributed by atoms with E-state index in [-0.39, 0.29) is 30.3 Å². The molecular weight excluding hydrogens is 657 g/mol. The molecule has 258 valence electrons. The lowest BCUT2D eigenvalue weighted by Gasteiger charge is -2.35. The summed E-state index contributed by atoms with van der Waals surface area (Å²) in [5.41, 5.74) is 12.9. The van der Waals surface area contributed by atoms with Crippen LogP contribution in [-0.2, 0) is 5.41 Å². The number of rotatable bonds is 5. The third kappa shape index (κ3) is 4.65. The number of aryl methyl sites for hydroxylation is 2. The number of benzene rings is 6. The van der Waals surface area contributed by atoms with E-state index in [4.69, 9.17) is 0 Å². The Morgan fingerprint density at radius 3 is 1.64 bits per heavy atom. The Labute approximate surface area is 308 Å². The standard InChI is InChI=1S/C47H36N2O4/c1-27-23-31(15-19-41(27)48(3)4)47(39-11-7-5-9-33(39)34-10-6-8-12-40(34)47)32-16-20-42(28(2)24-32)49-45(52)36-18-14-30(26-38(36)46(49)53)29-13-17-35-37(25-29)44(51)22-21-43(35)50/h5-20,23-26H,21-22H2,1-4H3. The highest BCUT2D eigenvalue weighted by atomic mass is 16.2. The minimum absolute atomic E-state index is 0.0393. The molecule has 9 rings (SSSR count). The first-order valence-corrected chi connectivity index (χ1v) is 17.9. The second kappa shape index (κ2) is 11.8. The molecule has 0 bridgehead atoms. The van der Waals surface area contributed by atoms with Crippen LogP contribution in [0.1, 0.15) is 87.7 Å². The van der Waals surface area contributed by atoms with Gasteiger partial charge >= 0.3 is 0 Å². The molecule has 1 heterocycles. The smallest absolute Gasteiger partial charge is 0.266 e. The Morgan fingerprint density at radius 1 is 0.509 bits per heavy atom. The molecule has 6 nitrogen and oxygen atoms in total. The first-order chi connectivity index (χ1) is 25.6. The molecule has 0 unspecified atom stereocenters. The van der Waals surface area contributed by atoms with Crippen LogP contribution in [0, 0.1) is 13.8 Å². The number of imide groups is 1. The van der Waals surface area contributed by atoms with E-state index >= 15 is 0 Å². The van der Waals surface area contributed by atoms with E-state index in [1.54, 1.807) is 36.4 Å². The summed E-state index contributed by atoms with van der Waals surface area (Å²) < 4.78 is 0. The fourth-order valence-electron chi connectivity index (χ4n) is 8.89. The van der Waals surface area contributed by atoms with Crippen molar-refractivity contribution in [2.24, 2.45) is 0 Å². The molecule has 2 aliphatic carbocycles. The summed E-state index contributed by atoms with van der Waals surface area (Å²) in [5, 5.41) is 0. The number of anilines is 2. The summed E-state index contributed by atoms with van der Waals surface area (Å²) in [5.74, 6) is -0.874. The van der Waals surface area contributed by atoms with E-state index in [0.29, 0.717) is 39.1 Å². The predicted octanol–water partition coefficient (Wildman–Crippen LogP) is 9.36. The molecule has 0 radical (unpaired) electrons. The highest BCUT2D eigenvalue weighted by Crippen LogP contribution is 2.56. The van der Waals surface area contributed by atoms with E-state index < -0.39 is 11.3 Å². The third-order valence-corrected chi connectivity index (χ3v) is 11.4. The second-order valence-corrected chi connectivity index (χ2v) is 14.6. The average molecular weight is 693 g/mol. The van der Waals surface area contributed by atoms with Crippen LogP contribution >= 0.6 is 0 Å². The molecule has 2 amide bonds. The molecule has 3 aliphatic rings. The van der Waals surface area contributed by atoms with Gasteiger partial charge < -0.3 is 4.90 Å². The normalized spacial score (nSPS) is 15.3. The number of hydrogen-bond donors (Lipinski definition) is 0. The van der Waals surface area contributed by atoms with Gasteiger partial charge in [0, 0.05) is 43.8 Å². The highest BCUT2D eigenvalue weighted by molar-refractivity contribution is 6.35. The second-order valence-electron chi connectivity index (χ2n) is 14.6. The summed E-state index contributed by atoms with van der Waals surface area (Å²) in [7, 11) is 4.11. The van der Waals surface area contributed by atoms with Gasteiger partial charge in [0.25, 0.3) is 11.8 Å². The molecule has 6 aromatic rings. The van der Waals surface area contributed by atoms with Crippen molar-refractivity contribution in [2.75, 3.05) is 23.9 Å². The lowest BCUT2D eigenvalue weighted by atomic mass is 9.67. The summed E-state index contributed by atoms with van der Waals surface area (Å²) in [6.45, 7) is 4.10. The summed E-state index contributed by atoms with van der Waals surface area (Å²) in [6, 6.07) is 40.4. The molecule has 0 atom stereocenters. The van der Waals surface area contributed by atoms with Crippen molar-refractivity contribution < 1.29 is 19.2 Å². The van der Waals surface area contributed by atoms with Gasteiger partial charge in [-0.1, -0.05) is 91.0 Å². The topological polar surface area (TPSA) is 74.8 Å². The van der Waals surface area contributed by atoms with Crippen LogP contribution in [0.25, 0.3) is 22.3 Å². The molecule has 0 N–H and O–H groups in total. The minimum atomic E-state index is -0.635. The fraction of sp³-hybridized carbons (Fsp3) is 0.149. The number of ketones is 2. The zero-order chi connectivity index (χ0) is 36.8. The average Bonchev–Trinajstić information content (AvgIpc) is 3.60. The Morgan fingerprint density at radius 2 is 1.04 bits per heavy atom. The van der Waals surface area contributed by atoms with Crippen molar-refractivity contribution in [3.8, 4) is 22.3 Å². The van der Waals surface area contributed by atoms with Crippen molar-refractivity contribution >= 4 is 34.8 Å². The number of fused-ring (bicyclic) bond motifs is 5. The van der Waals surface area contributed by atoms with Crippen LogP contribution in [0.2, 0.25) is 0 Å². The van der Waals surface area contributed by atoms with E-state index in [0.717, 1.165) is 22.4 Å². The number of carbonyl (C=O) groups excluding carboxylic acids is 4. The lowest BCUT2D eigenvalue weighted by molar-refractivity contribution is 0.0890. The van der Waals surface area contributed by atoms with Gasteiger partial charge in [0.1, 0.15) is 0 Å². The van der Waals surface area contributed by atoms with Gasteiger partial charge in [-0.25, -0.2) is 4.90 Å². The Hall–Kier alpha value is -6.40. The fourth-order valence-corrected chi connectivity index (χ4v) is 8.89. The van der Waals surface area contributed by atoms with Crippen LogP contribution in [0.5, 0.6) is 0 Å². The Bertz CT molecular complexity index is 2570. The minimum Gasteiger partial charge on any atom is -0.377 e. The van der Waals surface area contributed by atoms with Gasteiger partial charge in [0.05, 0.1) is 22.2 Å². The van der Waals surface area contributed by atoms with Crippen LogP contribution < -0.4 is 9.80 Å². The molecule has 0 fully saturated rings. The van der Waals surface area contributed by atoms with Crippen molar-refractivity contribution in [2.45, 2.75) is 32.1 Å². The molecule has 1 aliphatic heterocycles. The van der Waals surface area contributed by atoms with Crippen molar-refractivity contribution in [1.29, 1.82) is 0 Å². The maximum atomic E-state index is 14.2. The third-order valence-electron chi connectivity index (χ3n) is 11.4. The maximum Gasteiger partial charge on any atom is 0.266 e. The summed E-state index contributed by atoms with van der Waals surface area (Å²) in [4.78, 5) is 56.6. The van der Waals surface area contributed by atoms with Crippen LogP contribution in [0.4, 0.5) is 11.4 Å². The molecule has 0 spiro atoms. The van der Waals surface area contributed by atoms with Gasteiger partial charge in [-0.3, -0.25) is 19.2 Å². The Kier molecular flexibility index (Phi) is 7.25. The zero-order valence-corrected chi connectivity index (χ0v) is 30.0. The number of hydrogen-bond acceptors (Lipinski definition) is 5. The van der Waals surface area contributed by atoms with Crippen LogP contribution in [0.15, 0.2) is 121 Å². The van der Waals surface area contributed by atoms with Crippen molar-refractivity contribution in [3.05, 3.63) is 177 Å². The van der Waals surface area contributed by atoms with Crippen LogP contribution in [-0.4, -0.2) is 37.5 Å². The van der Waals surface area contributed by atoms with Gasteiger partial charge in [-0.2, -0.15) is 0 Å². The number of amides is 2. The number of Topliss-reactive ketones (excluding diaryl/α,β-unsaturated/α-hetero) is 2. The molecule has 53 heavy (non-hydrogen) atoms. The first-order valence-electron chi connectivity index (χ1n) is 17.9. The quantitative estimate of drug-likeness (QED) is 0.168. The predicted molar refractivity (Wildman–Crippen MR) is 208 cm³/mol. The van der Waals surface area contributed by atoms with Crippen LogP contribution in [0.3, 0.4) is 0 Å². The molecule has 0 saturated heterocycles. The summed E-state index contributed by atoms with van der Waals surface area (Å²) >= 11 is 0. The molecule has 6 aromatic carbocycles. The lowest BCUT2D eigenvalue weighted by Crippen LogP contribution is -2.31. The zero-order valence-electron chi connectivity index (χ0n) is 30.0.